The number of amides is 2. The summed E-state index contributed by atoms with van der Waals surface area (Å²) in [5.74, 6) is -1.29. The number of allylic oxidation sites excluding steroid dienone is 1. The maximum atomic E-state index is 13.2. The number of rotatable bonds is 11. The molecule has 1 saturated carbocycles. The third kappa shape index (κ3) is 5.30. The lowest BCUT2D eigenvalue weighted by molar-refractivity contribution is -0.139. The van der Waals surface area contributed by atoms with E-state index in [1.54, 1.807) is 11.0 Å². The zero-order chi connectivity index (χ0) is 24.1. The smallest absolute Gasteiger partial charge is 0.407 e. The van der Waals surface area contributed by atoms with Gasteiger partial charge in [0, 0.05) is 18.5 Å². The number of benzene rings is 2. The Morgan fingerprint density at radius 3 is 2.26 bits per heavy atom. The number of carboxylic acids is 1. The van der Waals surface area contributed by atoms with Gasteiger partial charge in [-0.15, -0.1) is 6.58 Å². The van der Waals surface area contributed by atoms with Crippen molar-refractivity contribution in [2.75, 3.05) is 13.2 Å². The summed E-state index contributed by atoms with van der Waals surface area (Å²) in [6.45, 7) is 4.00. The van der Waals surface area contributed by atoms with Gasteiger partial charge in [-0.3, -0.25) is 9.59 Å². The van der Waals surface area contributed by atoms with Crippen LogP contribution in [0, 0.1) is 0 Å². The van der Waals surface area contributed by atoms with Crippen LogP contribution in [0.1, 0.15) is 49.1 Å². The van der Waals surface area contributed by atoms with E-state index in [1.165, 1.54) is 0 Å². The number of fused-ring (bicyclic) bond motifs is 3. The van der Waals surface area contributed by atoms with Crippen LogP contribution in [0.3, 0.4) is 0 Å². The molecule has 0 aromatic heterocycles. The monoisotopic (exact) mass is 462 g/mol. The van der Waals surface area contributed by atoms with E-state index in [1.807, 2.05) is 36.4 Å². The van der Waals surface area contributed by atoms with Crippen molar-refractivity contribution in [3.8, 4) is 11.1 Å². The fraction of sp³-hybridized carbons (Fsp3) is 0.370. The summed E-state index contributed by atoms with van der Waals surface area (Å²) in [6, 6.07) is 15.4. The second-order valence-corrected chi connectivity index (χ2v) is 8.80. The molecule has 178 valence electrons. The maximum Gasteiger partial charge on any atom is 0.407 e. The Kier molecular flexibility index (Phi) is 7.30. The summed E-state index contributed by atoms with van der Waals surface area (Å²) in [4.78, 5) is 38.6. The second kappa shape index (κ2) is 10.5. The Balaban J connectivity index is 1.42. The summed E-state index contributed by atoms with van der Waals surface area (Å²) in [5.41, 5.74) is 4.52. The number of nitrogens with one attached hydrogen (secondary N) is 1. The molecule has 1 unspecified atom stereocenters. The fourth-order valence-corrected chi connectivity index (χ4v) is 4.60. The molecule has 1 fully saturated rings. The lowest BCUT2D eigenvalue weighted by Crippen LogP contribution is -2.50. The van der Waals surface area contributed by atoms with Gasteiger partial charge in [-0.05, 0) is 47.9 Å². The maximum absolute atomic E-state index is 13.2. The average Bonchev–Trinajstić information content (AvgIpc) is 3.62. The first-order valence-corrected chi connectivity index (χ1v) is 11.7. The van der Waals surface area contributed by atoms with Crippen LogP contribution >= 0.6 is 0 Å². The molecule has 0 aliphatic heterocycles. The van der Waals surface area contributed by atoms with E-state index >= 15 is 0 Å². The molecule has 0 radical (unpaired) electrons. The van der Waals surface area contributed by atoms with Crippen molar-refractivity contribution in [2.45, 2.75) is 50.1 Å². The van der Waals surface area contributed by atoms with E-state index in [4.69, 9.17) is 9.84 Å². The Morgan fingerprint density at radius 1 is 1.09 bits per heavy atom. The first kappa shape index (κ1) is 23.5. The molecule has 0 bridgehead atoms. The summed E-state index contributed by atoms with van der Waals surface area (Å²) >= 11 is 0. The van der Waals surface area contributed by atoms with Crippen LogP contribution in [-0.4, -0.2) is 53.2 Å². The molecule has 34 heavy (non-hydrogen) atoms. The molecule has 7 nitrogen and oxygen atoms in total. The Labute approximate surface area is 199 Å². The number of nitrogens with zero attached hydrogens (tertiary/aromatic N) is 1. The molecule has 0 saturated heterocycles. The van der Waals surface area contributed by atoms with Gasteiger partial charge < -0.3 is 20.1 Å². The van der Waals surface area contributed by atoms with Crippen LogP contribution in [-0.2, 0) is 14.3 Å². The number of hydrogen-bond acceptors (Lipinski definition) is 4. The molecule has 7 heteroatoms. The molecular formula is C27H30N2O5. The van der Waals surface area contributed by atoms with Crippen molar-refractivity contribution in [3.05, 3.63) is 72.3 Å². The van der Waals surface area contributed by atoms with Gasteiger partial charge in [-0.1, -0.05) is 54.6 Å². The van der Waals surface area contributed by atoms with Crippen molar-refractivity contribution in [1.29, 1.82) is 0 Å². The highest BCUT2D eigenvalue weighted by Gasteiger charge is 2.36. The van der Waals surface area contributed by atoms with Gasteiger partial charge in [0.1, 0.15) is 12.6 Å². The molecule has 0 spiro atoms. The molecular weight excluding hydrogens is 432 g/mol. The van der Waals surface area contributed by atoms with Crippen LogP contribution in [0.15, 0.2) is 61.2 Å². The van der Waals surface area contributed by atoms with E-state index in [0.717, 1.165) is 35.1 Å². The molecule has 2 aromatic rings. The zero-order valence-electron chi connectivity index (χ0n) is 19.1. The molecule has 2 aromatic carbocycles. The third-order valence-electron chi connectivity index (χ3n) is 6.43. The summed E-state index contributed by atoms with van der Waals surface area (Å²) < 4.78 is 5.61. The number of hydrogen-bond donors (Lipinski definition) is 2. The Morgan fingerprint density at radius 2 is 1.71 bits per heavy atom. The van der Waals surface area contributed by atoms with Crippen molar-refractivity contribution >= 4 is 18.0 Å². The number of ether oxygens (including phenoxy) is 1. The minimum atomic E-state index is -0.953. The summed E-state index contributed by atoms with van der Waals surface area (Å²) in [5, 5.41) is 11.8. The van der Waals surface area contributed by atoms with Crippen molar-refractivity contribution in [1.82, 2.24) is 10.2 Å². The SMILES string of the molecule is C=CCCC(NC(=O)OCC1c2ccccc2-c2ccccc21)C(=O)N(CCC(=O)O)C1CC1. The molecule has 2 aliphatic carbocycles. The number of aliphatic carboxylic acids is 1. The molecule has 2 N–H and O–H groups in total. The minimum absolute atomic E-state index is 0.0439. The third-order valence-corrected chi connectivity index (χ3v) is 6.43. The van der Waals surface area contributed by atoms with Gasteiger partial charge in [0.05, 0.1) is 6.42 Å². The van der Waals surface area contributed by atoms with E-state index in [2.05, 4.69) is 24.0 Å². The van der Waals surface area contributed by atoms with E-state index in [-0.39, 0.29) is 37.4 Å². The highest BCUT2D eigenvalue weighted by Crippen LogP contribution is 2.44. The predicted octanol–water partition coefficient (Wildman–Crippen LogP) is 4.33. The first-order valence-electron chi connectivity index (χ1n) is 11.7. The zero-order valence-corrected chi connectivity index (χ0v) is 19.1. The van der Waals surface area contributed by atoms with Crippen LogP contribution in [0.5, 0.6) is 0 Å². The van der Waals surface area contributed by atoms with Crippen LogP contribution in [0.25, 0.3) is 11.1 Å². The molecule has 1 atom stereocenters. The van der Waals surface area contributed by atoms with Gasteiger partial charge in [0.2, 0.25) is 5.91 Å². The molecule has 0 heterocycles. The van der Waals surface area contributed by atoms with Crippen molar-refractivity contribution < 1.29 is 24.2 Å². The van der Waals surface area contributed by atoms with Gasteiger partial charge in [-0.25, -0.2) is 4.79 Å². The lowest BCUT2D eigenvalue weighted by Gasteiger charge is -2.27. The highest BCUT2D eigenvalue weighted by atomic mass is 16.5. The fourth-order valence-electron chi connectivity index (χ4n) is 4.60. The second-order valence-electron chi connectivity index (χ2n) is 8.80. The molecule has 4 rings (SSSR count). The first-order chi connectivity index (χ1) is 16.5. The normalized spacial score (nSPS) is 15.1. The highest BCUT2D eigenvalue weighted by molar-refractivity contribution is 5.86. The summed E-state index contributed by atoms with van der Waals surface area (Å²) in [7, 11) is 0. The topological polar surface area (TPSA) is 95.9 Å². The minimum Gasteiger partial charge on any atom is -0.481 e. The van der Waals surface area contributed by atoms with Crippen LogP contribution in [0.4, 0.5) is 4.79 Å². The predicted molar refractivity (Wildman–Crippen MR) is 128 cm³/mol. The van der Waals surface area contributed by atoms with Gasteiger partial charge in [-0.2, -0.15) is 0 Å². The number of carboxylic acid groups (broad SMARTS) is 1. The number of alkyl carbamates (subject to hydrolysis) is 1. The van der Waals surface area contributed by atoms with Crippen molar-refractivity contribution in [3.63, 3.8) is 0 Å². The average molecular weight is 463 g/mol. The number of carbonyl (C=O) groups is 3. The van der Waals surface area contributed by atoms with E-state index < -0.39 is 18.1 Å². The van der Waals surface area contributed by atoms with Crippen LogP contribution in [0.2, 0.25) is 0 Å². The van der Waals surface area contributed by atoms with Gasteiger partial charge in [0.15, 0.2) is 0 Å². The largest absolute Gasteiger partial charge is 0.481 e. The Hall–Kier alpha value is -3.61. The quantitative estimate of drug-likeness (QED) is 0.485. The van der Waals surface area contributed by atoms with E-state index in [0.29, 0.717) is 12.8 Å². The standard InChI is InChI=1S/C27H30N2O5/c1-2-3-12-24(26(32)29(18-13-14-18)16-15-25(30)31)28-27(33)34-17-23-21-10-6-4-8-19(21)20-9-5-7-11-22(20)23/h2,4-11,18,23-24H,1,3,12-17H2,(H,28,33)(H,30,31). The van der Waals surface area contributed by atoms with E-state index in [9.17, 15) is 14.4 Å². The Bertz CT molecular complexity index is 1030. The number of carbonyl (C=O) groups excluding carboxylic acids is 2. The lowest BCUT2D eigenvalue weighted by atomic mass is 9.98. The van der Waals surface area contributed by atoms with Gasteiger partial charge in [0.25, 0.3) is 0 Å². The molecule has 2 amide bonds. The molecule has 2 aliphatic rings. The van der Waals surface area contributed by atoms with Crippen molar-refractivity contribution in [2.24, 2.45) is 0 Å². The van der Waals surface area contributed by atoms with Crippen LogP contribution < -0.4 is 5.32 Å². The summed E-state index contributed by atoms with van der Waals surface area (Å²) in [6.07, 6.45) is 3.54. The van der Waals surface area contributed by atoms with Gasteiger partial charge >= 0.3 is 12.1 Å².